The lowest BCUT2D eigenvalue weighted by Crippen LogP contribution is -2.54. The SMILES string of the molecule is COc1ccc(F)c(C(=O)NC2CCN(C(=O)CCN3CCN(c4cccc5c4C(=O)N(C4CCC(=O)NC4=O)C5=O)CC3)CC2)c1. The van der Waals surface area contributed by atoms with Crippen LogP contribution in [0.3, 0.4) is 0 Å². The number of hydrogen-bond acceptors (Lipinski definition) is 9. The highest BCUT2D eigenvalue weighted by molar-refractivity contribution is 6.25. The molecule has 3 fully saturated rings. The van der Waals surface area contributed by atoms with Crippen molar-refractivity contribution in [3.63, 3.8) is 0 Å². The molecule has 1 unspecified atom stereocenters. The Hall–Kier alpha value is -4.85. The van der Waals surface area contributed by atoms with Crippen LogP contribution < -0.4 is 20.3 Å². The summed E-state index contributed by atoms with van der Waals surface area (Å²) in [4.78, 5) is 83.4. The molecule has 6 amide bonds. The zero-order valence-corrected chi connectivity index (χ0v) is 26.1. The number of ether oxygens (including phenoxy) is 1. The van der Waals surface area contributed by atoms with Crippen LogP contribution in [-0.2, 0) is 14.4 Å². The summed E-state index contributed by atoms with van der Waals surface area (Å²) in [6, 6.07) is 7.96. The van der Waals surface area contributed by atoms with Crippen LogP contribution in [0.2, 0.25) is 0 Å². The Morgan fingerprint density at radius 1 is 0.957 bits per heavy atom. The van der Waals surface area contributed by atoms with Crippen molar-refractivity contribution in [2.45, 2.75) is 44.2 Å². The van der Waals surface area contributed by atoms with Gasteiger partial charge in [0.2, 0.25) is 17.7 Å². The molecular weight excluding hydrogens is 611 g/mol. The fourth-order valence-electron chi connectivity index (χ4n) is 6.73. The van der Waals surface area contributed by atoms with E-state index in [4.69, 9.17) is 4.74 Å². The number of halogens is 1. The molecule has 0 aliphatic carbocycles. The number of benzene rings is 2. The summed E-state index contributed by atoms with van der Waals surface area (Å²) in [6.07, 6.45) is 1.66. The van der Waals surface area contributed by atoms with Crippen LogP contribution in [0, 0.1) is 5.82 Å². The van der Waals surface area contributed by atoms with Crippen molar-refractivity contribution < 1.29 is 37.9 Å². The highest BCUT2D eigenvalue weighted by Gasteiger charge is 2.46. The number of nitrogens with zero attached hydrogens (tertiary/aromatic N) is 4. The highest BCUT2D eigenvalue weighted by Crippen LogP contribution is 2.34. The van der Waals surface area contributed by atoms with Crippen molar-refractivity contribution in [3.8, 4) is 5.75 Å². The van der Waals surface area contributed by atoms with E-state index in [0.717, 1.165) is 4.90 Å². The Morgan fingerprint density at radius 2 is 1.70 bits per heavy atom. The number of nitrogens with one attached hydrogen (secondary N) is 2. The fourth-order valence-corrected chi connectivity index (χ4v) is 6.73. The molecule has 13 nitrogen and oxygen atoms in total. The number of imide groups is 2. The average molecular weight is 649 g/mol. The van der Waals surface area contributed by atoms with Gasteiger partial charge in [-0.1, -0.05) is 6.07 Å². The van der Waals surface area contributed by atoms with Gasteiger partial charge in [-0.3, -0.25) is 43.9 Å². The van der Waals surface area contributed by atoms with E-state index in [2.05, 4.69) is 15.5 Å². The van der Waals surface area contributed by atoms with Gasteiger partial charge >= 0.3 is 0 Å². The molecule has 2 N–H and O–H groups in total. The van der Waals surface area contributed by atoms with Gasteiger partial charge in [-0.05, 0) is 49.6 Å². The fraction of sp³-hybridized carbons (Fsp3) is 0.455. The van der Waals surface area contributed by atoms with Crippen molar-refractivity contribution >= 4 is 41.1 Å². The Morgan fingerprint density at radius 3 is 2.40 bits per heavy atom. The predicted molar refractivity (Wildman–Crippen MR) is 166 cm³/mol. The Balaban J connectivity index is 0.970. The molecule has 4 heterocycles. The second-order valence-corrected chi connectivity index (χ2v) is 12.2. The molecule has 2 aromatic rings. The van der Waals surface area contributed by atoms with E-state index in [-0.39, 0.29) is 41.5 Å². The van der Waals surface area contributed by atoms with E-state index in [9.17, 15) is 33.2 Å². The molecule has 248 valence electrons. The minimum atomic E-state index is -1.02. The molecule has 3 saturated heterocycles. The number of piperazine rings is 1. The third kappa shape index (κ3) is 6.55. The molecule has 0 saturated carbocycles. The monoisotopic (exact) mass is 648 g/mol. The molecular formula is C33H37FN6O7. The lowest BCUT2D eigenvalue weighted by molar-refractivity contribution is -0.136. The molecule has 0 bridgehead atoms. The number of likely N-dealkylation sites (tertiary alicyclic amines) is 1. The van der Waals surface area contributed by atoms with Crippen LogP contribution in [0.4, 0.5) is 10.1 Å². The van der Waals surface area contributed by atoms with Crippen LogP contribution in [0.5, 0.6) is 5.75 Å². The molecule has 0 spiro atoms. The zero-order chi connectivity index (χ0) is 33.2. The average Bonchev–Trinajstić information content (AvgIpc) is 3.33. The number of amides is 6. The summed E-state index contributed by atoms with van der Waals surface area (Å²) in [5, 5.41) is 5.09. The van der Waals surface area contributed by atoms with Crippen LogP contribution in [0.1, 0.15) is 63.2 Å². The molecule has 0 aromatic heterocycles. The first-order valence-electron chi connectivity index (χ1n) is 15.9. The molecule has 0 radical (unpaired) electrons. The van der Waals surface area contributed by atoms with Crippen molar-refractivity contribution in [1.82, 2.24) is 25.3 Å². The molecule has 2 aromatic carbocycles. The summed E-state index contributed by atoms with van der Waals surface area (Å²) in [5.41, 5.74) is 1.09. The maximum atomic E-state index is 14.2. The summed E-state index contributed by atoms with van der Waals surface area (Å²) < 4.78 is 19.3. The van der Waals surface area contributed by atoms with E-state index in [1.807, 2.05) is 4.90 Å². The number of rotatable bonds is 8. The van der Waals surface area contributed by atoms with Gasteiger partial charge in [0.25, 0.3) is 17.7 Å². The van der Waals surface area contributed by atoms with Crippen molar-refractivity contribution in [3.05, 3.63) is 58.9 Å². The smallest absolute Gasteiger partial charge is 0.264 e. The van der Waals surface area contributed by atoms with Gasteiger partial charge in [0.1, 0.15) is 17.6 Å². The van der Waals surface area contributed by atoms with Gasteiger partial charge in [-0.2, -0.15) is 0 Å². The van der Waals surface area contributed by atoms with Gasteiger partial charge < -0.3 is 19.9 Å². The third-order valence-corrected chi connectivity index (χ3v) is 9.40. The highest BCUT2D eigenvalue weighted by atomic mass is 19.1. The predicted octanol–water partition coefficient (Wildman–Crippen LogP) is 1.17. The molecule has 6 rings (SSSR count). The first-order chi connectivity index (χ1) is 22.6. The third-order valence-electron chi connectivity index (χ3n) is 9.40. The van der Waals surface area contributed by atoms with Crippen molar-refractivity contribution in [2.24, 2.45) is 0 Å². The second kappa shape index (κ2) is 13.5. The minimum absolute atomic E-state index is 0.0366. The van der Waals surface area contributed by atoms with Crippen LogP contribution in [0.15, 0.2) is 36.4 Å². The summed E-state index contributed by atoms with van der Waals surface area (Å²) >= 11 is 0. The molecule has 4 aliphatic heterocycles. The lowest BCUT2D eigenvalue weighted by Gasteiger charge is -2.37. The van der Waals surface area contributed by atoms with Crippen LogP contribution in [-0.4, -0.2) is 115 Å². The number of fused-ring (bicyclic) bond motifs is 1. The van der Waals surface area contributed by atoms with Gasteiger partial charge in [0.15, 0.2) is 0 Å². The largest absolute Gasteiger partial charge is 0.497 e. The number of anilines is 1. The maximum Gasteiger partial charge on any atom is 0.264 e. The van der Waals surface area contributed by atoms with Crippen molar-refractivity contribution in [2.75, 3.05) is 57.8 Å². The van der Waals surface area contributed by atoms with E-state index in [0.29, 0.717) is 76.5 Å². The van der Waals surface area contributed by atoms with Crippen LogP contribution in [0.25, 0.3) is 0 Å². The Bertz CT molecular complexity index is 1620. The maximum absolute atomic E-state index is 14.2. The summed E-state index contributed by atoms with van der Waals surface area (Å²) in [6.45, 7) is 4.06. The first-order valence-corrected chi connectivity index (χ1v) is 15.9. The number of hydrogen-bond donors (Lipinski definition) is 2. The van der Waals surface area contributed by atoms with E-state index in [1.165, 1.54) is 25.3 Å². The first kappa shape index (κ1) is 32.1. The van der Waals surface area contributed by atoms with Crippen LogP contribution >= 0.6 is 0 Å². The lowest BCUT2D eigenvalue weighted by atomic mass is 10.0. The van der Waals surface area contributed by atoms with E-state index >= 15 is 0 Å². The Labute approximate surface area is 271 Å². The Kier molecular flexibility index (Phi) is 9.21. The van der Waals surface area contributed by atoms with Gasteiger partial charge in [0, 0.05) is 64.7 Å². The minimum Gasteiger partial charge on any atom is -0.497 e. The summed E-state index contributed by atoms with van der Waals surface area (Å²) in [5.74, 6) is -2.82. The topological polar surface area (TPSA) is 149 Å². The number of carbonyl (C=O) groups excluding carboxylic acids is 6. The molecule has 14 heteroatoms. The molecule has 47 heavy (non-hydrogen) atoms. The van der Waals surface area contributed by atoms with Gasteiger partial charge in [-0.15, -0.1) is 0 Å². The number of piperidine rings is 2. The molecule has 4 aliphatic rings. The van der Waals surface area contributed by atoms with Gasteiger partial charge in [0.05, 0.1) is 29.5 Å². The molecule has 1 atom stereocenters. The van der Waals surface area contributed by atoms with Crippen molar-refractivity contribution in [1.29, 1.82) is 0 Å². The quantitative estimate of drug-likeness (QED) is 0.403. The van der Waals surface area contributed by atoms with E-state index < -0.39 is 41.4 Å². The number of methoxy groups -OCH3 is 1. The normalized spacial score (nSPS) is 20.7. The standard InChI is InChI=1S/C33H37FN6O7/c1-47-21-5-6-24(34)23(19-21)30(43)35-20-9-13-39(14-10-20)28(42)11-12-37-15-17-38(18-16-37)25-4-2-3-22-29(25)33(46)40(32(22)45)26-7-8-27(41)36-31(26)44/h2-6,19-20,26H,7-18H2,1H3,(H,35,43)(H,36,41,44). The van der Waals surface area contributed by atoms with E-state index in [1.54, 1.807) is 23.1 Å². The summed E-state index contributed by atoms with van der Waals surface area (Å²) in [7, 11) is 1.45. The zero-order valence-electron chi connectivity index (χ0n) is 26.1. The van der Waals surface area contributed by atoms with Gasteiger partial charge in [-0.25, -0.2) is 4.39 Å². The second-order valence-electron chi connectivity index (χ2n) is 12.2. The number of carbonyl (C=O) groups is 6.